The highest BCUT2D eigenvalue weighted by molar-refractivity contribution is 6.30. The molecule has 4 aromatic rings. The third kappa shape index (κ3) is 5.34. The molecule has 0 fully saturated rings. The largest absolute Gasteiger partial charge is 0.328 e. The molecule has 1 amide bonds. The van der Waals surface area contributed by atoms with Crippen LogP contribution >= 0.6 is 11.6 Å². The van der Waals surface area contributed by atoms with Crippen LogP contribution in [0, 0.1) is 5.82 Å². The minimum atomic E-state index is -0.479. The molecule has 0 aliphatic rings. The van der Waals surface area contributed by atoms with E-state index < -0.39 is 11.9 Å². The molecule has 0 aliphatic heterocycles. The number of carbonyl (C=O) groups excluding carboxylic acids is 1. The van der Waals surface area contributed by atoms with Gasteiger partial charge in [0.15, 0.2) is 0 Å². The molecule has 1 aromatic heterocycles. The lowest BCUT2D eigenvalue weighted by molar-refractivity contribution is 0.0655. The summed E-state index contributed by atoms with van der Waals surface area (Å²) in [5.74, 6) is -0.0949. The van der Waals surface area contributed by atoms with Gasteiger partial charge in [-0.2, -0.15) is 0 Å². The molecule has 36 heavy (non-hydrogen) atoms. The maximum atomic E-state index is 13.8. The Bertz CT molecular complexity index is 1400. The van der Waals surface area contributed by atoms with Gasteiger partial charge in [0.2, 0.25) is 0 Å². The van der Waals surface area contributed by atoms with Crippen LogP contribution in [0.5, 0.6) is 0 Å². The van der Waals surface area contributed by atoms with Crippen molar-refractivity contribution >= 4 is 28.4 Å². The normalized spacial score (nSPS) is 12.0. The van der Waals surface area contributed by atoms with Gasteiger partial charge in [-0.15, -0.1) is 0 Å². The van der Waals surface area contributed by atoms with E-state index in [1.165, 1.54) is 16.7 Å². The van der Waals surface area contributed by atoms with E-state index in [0.29, 0.717) is 46.0 Å². The van der Waals surface area contributed by atoms with Crippen molar-refractivity contribution in [3.05, 3.63) is 105 Å². The molecule has 0 spiro atoms. The Morgan fingerprint density at radius 2 is 1.69 bits per heavy atom. The summed E-state index contributed by atoms with van der Waals surface area (Å²) in [5.41, 5.74) is 1.32. The van der Waals surface area contributed by atoms with Crippen LogP contribution in [0.1, 0.15) is 61.8 Å². The van der Waals surface area contributed by atoms with E-state index in [4.69, 9.17) is 16.6 Å². The highest BCUT2D eigenvalue weighted by Crippen LogP contribution is 2.28. The summed E-state index contributed by atoms with van der Waals surface area (Å²) >= 11 is 6.06. The SMILES string of the molecule is CCCCCN(C(=O)c1ccc(Cl)cc1)C(CC)c1nc2ccccc2c(=O)n1-c1ccc(F)cc1. The quantitative estimate of drug-likeness (QED) is 0.231. The van der Waals surface area contributed by atoms with Gasteiger partial charge in [-0.05, 0) is 73.5 Å². The lowest BCUT2D eigenvalue weighted by Gasteiger charge is -2.32. The molecule has 1 atom stereocenters. The summed E-state index contributed by atoms with van der Waals surface area (Å²) in [6.07, 6.45) is 3.34. The van der Waals surface area contributed by atoms with Crippen molar-refractivity contribution in [1.29, 1.82) is 0 Å². The van der Waals surface area contributed by atoms with E-state index in [1.54, 1.807) is 59.5 Å². The Kier molecular flexibility index (Phi) is 8.16. The fourth-order valence-corrected chi connectivity index (χ4v) is 4.57. The second-order valence-corrected chi connectivity index (χ2v) is 9.18. The third-order valence-electron chi connectivity index (χ3n) is 6.30. The first-order valence-electron chi connectivity index (χ1n) is 12.3. The number of amides is 1. The first kappa shape index (κ1) is 25.6. The second-order valence-electron chi connectivity index (χ2n) is 8.74. The molecule has 4 rings (SSSR count). The Morgan fingerprint density at radius 1 is 1.00 bits per heavy atom. The number of unbranched alkanes of at least 4 members (excludes halogenated alkanes) is 2. The zero-order valence-electron chi connectivity index (χ0n) is 20.5. The van der Waals surface area contributed by atoms with Crippen LogP contribution in [0.15, 0.2) is 77.6 Å². The highest BCUT2D eigenvalue weighted by Gasteiger charge is 2.29. The monoisotopic (exact) mass is 505 g/mol. The van der Waals surface area contributed by atoms with Gasteiger partial charge in [-0.25, -0.2) is 9.37 Å². The topological polar surface area (TPSA) is 55.2 Å². The fourth-order valence-electron chi connectivity index (χ4n) is 4.44. The van der Waals surface area contributed by atoms with Gasteiger partial charge in [0.1, 0.15) is 11.6 Å². The van der Waals surface area contributed by atoms with Crippen LogP contribution < -0.4 is 5.56 Å². The summed E-state index contributed by atoms with van der Waals surface area (Å²) in [4.78, 5) is 34.2. The molecule has 0 saturated carbocycles. The third-order valence-corrected chi connectivity index (χ3v) is 6.55. The second kappa shape index (κ2) is 11.5. The van der Waals surface area contributed by atoms with Crippen molar-refractivity contribution < 1.29 is 9.18 Å². The number of halogens is 2. The maximum absolute atomic E-state index is 13.8. The fraction of sp³-hybridized carbons (Fsp3) is 0.276. The number of fused-ring (bicyclic) bond motifs is 1. The van der Waals surface area contributed by atoms with Crippen molar-refractivity contribution in [2.45, 2.75) is 45.6 Å². The zero-order chi connectivity index (χ0) is 25.7. The molecule has 0 radical (unpaired) electrons. The van der Waals surface area contributed by atoms with Gasteiger partial charge in [0.05, 0.1) is 22.6 Å². The van der Waals surface area contributed by atoms with E-state index >= 15 is 0 Å². The van der Waals surface area contributed by atoms with Crippen molar-refractivity contribution in [3.63, 3.8) is 0 Å². The minimum absolute atomic E-state index is 0.150. The number of aromatic nitrogens is 2. The Morgan fingerprint density at radius 3 is 2.36 bits per heavy atom. The lowest BCUT2D eigenvalue weighted by Crippen LogP contribution is -2.39. The Hall–Kier alpha value is -3.51. The number of rotatable bonds is 9. The molecule has 0 aliphatic carbocycles. The predicted octanol–water partition coefficient (Wildman–Crippen LogP) is 6.96. The van der Waals surface area contributed by atoms with Gasteiger partial charge in [-0.3, -0.25) is 14.2 Å². The van der Waals surface area contributed by atoms with Gasteiger partial charge >= 0.3 is 0 Å². The molecule has 7 heteroatoms. The number of para-hydroxylation sites is 1. The summed E-state index contributed by atoms with van der Waals surface area (Å²) in [6.45, 7) is 4.60. The predicted molar refractivity (Wildman–Crippen MR) is 142 cm³/mol. The van der Waals surface area contributed by atoms with Gasteiger partial charge in [-0.1, -0.05) is 50.4 Å². The van der Waals surface area contributed by atoms with Crippen molar-refractivity contribution in [2.24, 2.45) is 0 Å². The highest BCUT2D eigenvalue weighted by atomic mass is 35.5. The minimum Gasteiger partial charge on any atom is -0.328 e. The average Bonchev–Trinajstić information content (AvgIpc) is 2.89. The van der Waals surface area contributed by atoms with Crippen LogP contribution in [0.2, 0.25) is 5.02 Å². The molecular weight excluding hydrogens is 477 g/mol. The number of benzene rings is 3. The smallest absolute Gasteiger partial charge is 0.266 e. The van der Waals surface area contributed by atoms with Crippen LogP contribution in [0.4, 0.5) is 4.39 Å². The standard InChI is InChI=1S/C29H29ClFN3O2/c1-3-5-8-19-33(28(35)20-11-13-21(30)14-12-20)26(4-2)27-32-25-10-7-6-9-24(25)29(36)34(27)23-17-15-22(31)16-18-23/h6-7,9-18,26H,3-5,8,19H2,1-2H3. The van der Waals surface area contributed by atoms with E-state index in [2.05, 4.69) is 6.92 Å². The lowest BCUT2D eigenvalue weighted by atomic mass is 10.1. The van der Waals surface area contributed by atoms with Gasteiger partial charge in [0, 0.05) is 17.1 Å². The number of nitrogens with zero attached hydrogens (tertiary/aromatic N) is 3. The van der Waals surface area contributed by atoms with E-state index in [-0.39, 0.29) is 11.5 Å². The molecule has 1 unspecified atom stereocenters. The summed E-state index contributed by atoms with van der Waals surface area (Å²) < 4.78 is 15.3. The van der Waals surface area contributed by atoms with Crippen LogP contribution in [-0.2, 0) is 0 Å². The first-order chi connectivity index (χ1) is 17.4. The molecule has 1 heterocycles. The van der Waals surface area contributed by atoms with E-state index in [0.717, 1.165) is 19.3 Å². The first-order valence-corrected chi connectivity index (χ1v) is 12.7. The maximum Gasteiger partial charge on any atom is 0.266 e. The van der Waals surface area contributed by atoms with Crippen LogP contribution in [0.25, 0.3) is 16.6 Å². The molecule has 5 nitrogen and oxygen atoms in total. The molecule has 0 saturated heterocycles. The van der Waals surface area contributed by atoms with Crippen LogP contribution in [-0.4, -0.2) is 26.9 Å². The molecule has 0 N–H and O–H groups in total. The Balaban J connectivity index is 1.91. The summed E-state index contributed by atoms with van der Waals surface area (Å²) in [6, 6.07) is 19.3. The molecule has 0 bridgehead atoms. The van der Waals surface area contributed by atoms with Crippen molar-refractivity contribution in [1.82, 2.24) is 14.5 Å². The van der Waals surface area contributed by atoms with E-state index in [9.17, 15) is 14.0 Å². The van der Waals surface area contributed by atoms with E-state index in [1.807, 2.05) is 13.0 Å². The van der Waals surface area contributed by atoms with Gasteiger partial charge < -0.3 is 4.90 Å². The molecular formula is C29H29ClFN3O2. The summed E-state index contributed by atoms with van der Waals surface area (Å²) in [7, 11) is 0. The zero-order valence-corrected chi connectivity index (χ0v) is 21.2. The van der Waals surface area contributed by atoms with Gasteiger partial charge in [0.25, 0.3) is 11.5 Å². The average molecular weight is 506 g/mol. The number of carbonyl (C=O) groups is 1. The molecule has 186 valence electrons. The van der Waals surface area contributed by atoms with Crippen LogP contribution in [0.3, 0.4) is 0 Å². The van der Waals surface area contributed by atoms with Crippen molar-refractivity contribution in [3.8, 4) is 5.69 Å². The number of hydrogen-bond acceptors (Lipinski definition) is 3. The summed E-state index contributed by atoms with van der Waals surface area (Å²) in [5, 5.41) is 1.01. The van der Waals surface area contributed by atoms with Crippen molar-refractivity contribution in [2.75, 3.05) is 6.54 Å². The Labute approximate surface area is 215 Å². The molecule has 3 aromatic carbocycles. The number of hydrogen-bond donors (Lipinski definition) is 0.